The van der Waals surface area contributed by atoms with Crippen LogP contribution in [-0.4, -0.2) is 13.2 Å². The normalized spacial score (nSPS) is 13.2. The molecule has 1 saturated heterocycles. The molecule has 0 radical (unpaired) electrons. The summed E-state index contributed by atoms with van der Waals surface area (Å²) in [6.45, 7) is 57.2. The molecule has 0 N–H and O–H groups in total. The molecule has 0 atom stereocenters. The average molecular weight is 1650 g/mol. The summed E-state index contributed by atoms with van der Waals surface area (Å²) in [5, 5.41) is 17.0. The molecular weight excluding hydrogens is 1530 g/mol. The third-order valence-corrected chi connectivity index (χ3v) is 29.8. The fourth-order valence-corrected chi connectivity index (χ4v) is 23.1. The van der Waals surface area contributed by atoms with Crippen LogP contribution in [0, 0.1) is 0 Å². The predicted octanol–water partition coefficient (Wildman–Crippen LogP) is 18.6. The molecule has 0 unspecified atom stereocenters. The van der Waals surface area contributed by atoms with Crippen molar-refractivity contribution in [2.24, 2.45) is 0 Å². The monoisotopic (exact) mass is 1640 g/mol. The van der Waals surface area contributed by atoms with Crippen LogP contribution in [-0.2, 0) is 70.4 Å². The molecule has 1 heterocycles. The molecular formula is C96H120AuClOP4. The Hall–Kier alpha value is -5.09. The molecule has 1 aliphatic rings. The van der Waals surface area contributed by atoms with Gasteiger partial charge in [0.25, 0.3) is 0 Å². The van der Waals surface area contributed by atoms with E-state index >= 15 is 0 Å². The van der Waals surface area contributed by atoms with Crippen molar-refractivity contribution in [2.45, 2.75) is 222 Å². The van der Waals surface area contributed by atoms with Gasteiger partial charge in [0.2, 0.25) is 0 Å². The molecule has 11 rings (SSSR count). The molecule has 0 amide bonds. The number of ether oxygens (including phenoxy) is 1. The van der Waals surface area contributed by atoms with E-state index in [0.29, 0.717) is 0 Å². The van der Waals surface area contributed by atoms with E-state index in [1.165, 1.54) is 121 Å². The molecule has 0 bridgehead atoms. The first kappa shape index (κ1) is 85.2. The van der Waals surface area contributed by atoms with E-state index in [2.05, 4.69) is 409 Å². The molecule has 1 nitrogen and oxygen atoms in total. The second-order valence-electron chi connectivity index (χ2n) is 36.0. The van der Waals surface area contributed by atoms with E-state index in [-0.39, 0.29) is 78.1 Å². The SMILES string of the molecule is C1CCOC1.CC(C)(C)c1ccc(P(c2ccc(C(C)(C)C)cc2)c2ccccc2P(c2ccc(C(C)(C)C)cc2)c2ccc(C(C)(C)C)cc2)cc1.CC(C)(C)c1ccc(P(c2ccc(C(C)(C)C)cc2)c2ccccc2P(c2ccc(C(C)(C)C)cc2)c2ccc(C(C)(C)C)cc2)cc1.[Au+].[Cl-]. The van der Waals surface area contributed by atoms with Crippen molar-refractivity contribution in [2.75, 3.05) is 13.2 Å². The minimum absolute atomic E-state index is 0. The van der Waals surface area contributed by atoms with Crippen molar-refractivity contribution >= 4 is 95.3 Å². The van der Waals surface area contributed by atoms with Crippen LogP contribution in [0.25, 0.3) is 0 Å². The third kappa shape index (κ3) is 22.3. The molecule has 0 aliphatic carbocycles. The second kappa shape index (κ2) is 34.9. The van der Waals surface area contributed by atoms with Crippen LogP contribution in [0.1, 0.15) is 224 Å². The van der Waals surface area contributed by atoms with Crippen LogP contribution in [0.3, 0.4) is 0 Å². The van der Waals surface area contributed by atoms with Crippen LogP contribution in [0.5, 0.6) is 0 Å². The minimum Gasteiger partial charge on any atom is -1.00 e. The van der Waals surface area contributed by atoms with Crippen LogP contribution >= 0.6 is 31.7 Å². The second-order valence-corrected chi connectivity index (χ2v) is 44.8. The van der Waals surface area contributed by atoms with Gasteiger partial charge in [0.05, 0.1) is 0 Å². The van der Waals surface area contributed by atoms with E-state index in [9.17, 15) is 0 Å². The summed E-state index contributed by atoms with van der Waals surface area (Å²) in [5.41, 5.74) is 11.9. The van der Waals surface area contributed by atoms with Gasteiger partial charge in [-0.1, -0.05) is 409 Å². The van der Waals surface area contributed by atoms with Crippen molar-refractivity contribution in [1.82, 2.24) is 0 Å². The molecule has 1 aliphatic heterocycles. The molecule has 548 valence electrons. The summed E-state index contributed by atoms with van der Waals surface area (Å²) < 4.78 is 4.94. The maximum atomic E-state index is 4.94. The summed E-state index contributed by atoms with van der Waals surface area (Å²) in [6.07, 6.45) is 2.56. The molecule has 103 heavy (non-hydrogen) atoms. The van der Waals surface area contributed by atoms with Crippen LogP contribution < -0.4 is 76.1 Å². The van der Waals surface area contributed by atoms with Gasteiger partial charge in [0.1, 0.15) is 0 Å². The summed E-state index contributed by atoms with van der Waals surface area (Å²) in [6, 6.07) is 94.8. The summed E-state index contributed by atoms with van der Waals surface area (Å²) >= 11 is 0. The third-order valence-electron chi connectivity index (χ3n) is 19.5. The average Bonchev–Trinajstić information content (AvgIpc) is 0.994. The first-order valence-corrected chi connectivity index (χ1v) is 42.4. The van der Waals surface area contributed by atoms with Crippen molar-refractivity contribution in [3.8, 4) is 0 Å². The predicted molar refractivity (Wildman–Crippen MR) is 457 cm³/mol. The minimum atomic E-state index is -0.810. The maximum Gasteiger partial charge on any atom is 1.00 e. The molecule has 10 aromatic carbocycles. The Labute approximate surface area is 652 Å². The quantitative estimate of drug-likeness (QED) is 0.0875. The van der Waals surface area contributed by atoms with E-state index in [1.54, 1.807) is 0 Å². The topological polar surface area (TPSA) is 9.23 Å². The number of hydrogen-bond acceptors (Lipinski definition) is 1. The van der Waals surface area contributed by atoms with E-state index < -0.39 is 31.7 Å². The Morgan fingerprint density at radius 3 is 0.398 bits per heavy atom. The molecule has 10 aromatic rings. The van der Waals surface area contributed by atoms with Gasteiger partial charge >= 0.3 is 22.4 Å². The fourth-order valence-electron chi connectivity index (χ4n) is 12.8. The largest absolute Gasteiger partial charge is 1.00 e. The fraction of sp³-hybridized carbons (Fsp3) is 0.375. The van der Waals surface area contributed by atoms with Gasteiger partial charge in [0.15, 0.2) is 0 Å². The van der Waals surface area contributed by atoms with Crippen LogP contribution in [0.4, 0.5) is 0 Å². The van der Waals surface area contributed by atoms with E-state index in [0.717, 1.165) is 13.2 Å². The van der Waals surface area contributed by atoms with Gasteiger partial charge in [-0.05, 0) is 196 Å². The maximum absolute atomic E-state index is 4.94. The molecule has 0 spiro atoms. The van der Waals surface area contributed by atoms with Crippen molar-refractivity contribution in [3.63, 3.8) is 0 Å². The van der Waals surface area contributed by atoms with Gasteiger partial charge in [-0.15, -0.1) is 0 Å². The zero-order valence-corrected chi connectivity index (χ0v) is 73.3. The van der Waals surface area contributed by atoms with E-state index in [1.807, 2.05) is 0 Å². The van der Waals surface area contributed by atoms with Crippen LogP contribution in [0.2, 0.25) is 0 Å². The van der Waals surface area contributed by atoms with Gasteiger partial charge < -0.3 is 17.1 Å². The standard InChI is InChI=1S/2C46H56P2.C4H8O.Au.ClH/c2*1-43(2,3)33-17-25-37(26-18-33)47(38-27-19-34(20-28-38)44(4,5)6)41-15-13-14-16-42(41)48(39-29-21-35(22-30-39)45(7,8)9)40-31-23-36(24-32-40)46(10,11)12;1-2-4-5-3-1;;/h2*13-32H,1-12H3;1-4H2;;1H/q;;;+1;/p-1. The summed E-state index contributed by atoms with van der Waals surface area (Å²) in [4.78, 5) is 0. The Bertz CT molecular complexity index is 3480. The van der Waals surface area contributed by atoms with Crippen molar-refractivity contribution in [3.05, 3.63) is 287 Å². The number of hydrogen-bond donors (Lipinski definition) is 0. The number of benzene rings is 10. The molecule has 7 heteroatoms. The van der Waals surface area contributed by atoms with Gasteiger partial charge in [-0.25, -0.2) is 0 Å². The number of rotatable bonds is 12. The Balaban J connectivity index is 0.000000265. The van der Waals surface area contributed by atoms with Crippen molar-refractivity contribution in [1.29, 1.82) is 0 Å². The molecule has 1 fully saturated rings. The van der Waals surface area contributed by atoms with Crippen LogP contribution in [0.15, 0.2) is 243 Å². The first-order chi connectivity index (χ1) is 47.2. The van der Waals surface area contributed by atoms with Crippen molar-refractivity contribution < 1.29 is 39.5 Å². The van der Waals surface area contributed by atoms with E-state index in [4.69, 9.17) is 4.74 Å². The molecule has 0 saturated carbocycles. The van der Waals surface area contributed by atoms with Gasteiger partial charge in [-0.3, -0.25) is 0 Å². The number of halogens is 1. The Morgan fingerprint density at radius 2 is 0.311 bits per heavy atom. The zero-order chi connectivity index (χ0) is 73.7. The van der Waals surface area contributed by atoms with Gasteiger partial charge in [0, 0.05) is 13.2 Å². The van der Waals surface area contributed by atoms with Gasteiger partial charge in [-0.2, -0.15) is 0 Å². The summed E-state index contributed by atoms with van der Waals surface area (Å²) in [7, 11) is -3.24. The molecule has 0 aromatic heterocycles. The Morgan fingerprint density at radius 1 is 0.194 bits per heavy atom. The Kier molecular flexibility index (Phi) is 28.8. The smallest absolute Gasteiger partial charge is 1.00 e. The zero-order valence-electron chi connectivity index (χ0n) is 66.8. The first-order valence-electron chi connectivity index (χ1n) is 37.0. The summed E-state index contributed by atoms with van der Waals surface area (Å²) in [5.74, 6) is 0.